The van der Waals surface area contributed by atoms with Crippen molar-refractivity contribution in [3.05, 3.63) is 59.5 Å². The highest BCUT2D eigenvalue weighted by Gasteiger charge is 2.51. The summed E-state index contributed by atoms with van der Waals surface area (Å²) >= 11 is 0. The highest BCUT2D eigenvalue weighted by atomic mass is 16.7. The van der Waals surface area contributed by atoms with Crippen LogP contribution in [0.5, 0.6) is 0 Å². The van der Waals surface area contributed by atoms with Crippen LogP contribution < -0.4 is 10.4 Å². The van der Waals surface area contributed by atoms with Gasteiger partial charge in [0.1, 0.15) is 5.70 Å². The van der Waals surface area contributed by atoms with Crippen molar-refractivity contribution in [2.75, 3.05) is 19.1 Å². The Morgan fingerprint density at radius 1 is 1.00 bits per heavy atom. The number of methoxy groups -OCH3 is 2. The van der Waals surface area contributed by atoms with Gasteiger partial charge in [-0.05, 0) is 57.4 Å². The van der Waals surface area contributed by atoms with E-state index in [4.69, 9.17) is 18.8 Å². The van der Waals surface area contributed by atoms with E-state index in [9.17, 15) is 14.4 Å². The van der Waals surface area contributed by atoms with E-state index in [-0.39, 0.29) is 16.8 Å². The lowest BCUT2D eigenvalue weighted by Crippen LogP contribution is -2.41. The van der Waals surface area contributed by atoms with Gasteiger partial charge in [0.2, 0.25) is 0 Å². The van der Waals surface area contributed by atoms with Gasteiger partial charge < -0.3 is 23.7 Å². The van der Waals surface area contributed by atoms with Crippen molar-refractivity contribution in [3.63, 3.8) is 0 Å². The Morgan fingerprint density at radius 2 is 1.62 bits per heavy atom. The summed E-state index contributed by atoms with van der Waals surface area (Å²) in [5.74, 6) is -1.47. The lowest BCUT2D eigenvalue weighted by molar-refractivity contribution is -0.139. The van der Waals surface area contributed by atoms with Crippen LogP contribution in [0.1, 0.15) is 38.1 Å². The Morgan fingerprint density at radius 3 is 2.19 bits per heavy atom. The van der Waals surface area contributed by atoms with Crippen molar-refractivity contribution in [1.29, 1.82) is 0 Å². The van der Waals surface area contributed by atoms with Gasteiger partial charge in [0.05, 0.1) is 36.7 Å². The van der Waals surface area contributed by atoms with Gasteiger partial charge in [0, 0.05) is 11.8 Å². The molecule has 0 bridgehead atoms. The molecule has 0 aromatic heterocycles. The van der Waals surface area contributed by atoms with Gasteiger partial charge in [0.15, 0.2) is 6.29 Å². The molecule has 0 N–H and O–H groups in total. The molecule has 2 aliphatic heterocycles. The molecule has 168 valence electrons. The molecule has 1 fully saturated rings. The molecule has 9 heteroatoms. The van der Waals surface area contributed by atoms with Crippen LogP contribution in [0.15, 0.2) is 53.9 Å². The second-order valence-electron chi connectivity index (χ2n) is 8.34. The van der Waals surface area contributed by atoms with Crippen LogP contribution in [0, 0.1) is 0 Å². The van der Waals surface area contributed by atoms with E-state index in [0.717, 1.165) is 0 Å². The average Bonchev–Trinajstić information content (AvgIpc) is 2.91. The van der Waals surface area contributed by atoms with Gasteiger partial charge in [-0.25, -0.2) is 9.59 Å². The molecule has 32 heavy (non-hydrogen) atoms. The van der Waals surface area contributed by atoms with Crippen LogP contribution in [0.25, 0.3) is 0 Å². The standard InChI is InChI=1S/C23H26BNO7/c1-22(2)23(3,4)32-24(31-22)16-10-11-18(15(13-16)14-26)25-12-8-7-9-17(20(27)29-5)19(25)21(28)30-6/h7-14H,1-6H3. The van der Waals surface area contributed by atoms with Crippen molar-refractivity contribution < 1.29 is 33.2 Å². The highest BCUT2D eigenvalue weighted by Crippen LogP contribution is 2.37. The first-order chi connectivity index (χ1) is 15.1. The summed E-state index contributed by atoms with van der Waals surface area (Å²) in [7, 11) is 1.77. The number of nitrogens with zero attached hydrogens (tertiary/aromatic N) is 1. The molecule has 0 unspecified atom stereocenters. The van der Waals surface area contributed by atoms with Gasteiger partial charge in [-0.1, -0.05) is 12.1 Å². The molecule has 8 nitrogen and oxygen atoms in total. The summed E-state index contributed by atoms with van der Waals surface area (Å²) in [6.07, 6.45) is 6.91. The number of hydrogen-bond acceptors (Lipinski definition) is 8. The number of rotatable bonds is 5. The van der Waals surface area contributed by atoms with Crippen molar-refractivity contribution in [3.8, 4) is 0 Å². The Balaban J connectivity index is 2.09. The number of allylic oxidation sites excluding steroid dienone is 2. The fourth-order valence-electron chi connectivity index (χ4n) is 3.36. The number of hydrogen-bond donors (Lipinski definition) is 0. The van der Waals surface area contributed by atoms with E-state index < -0.39 is 30.3 Å². The number of benzene rings is 1. The zero-order valence-electron chi connectivity index (χ0n) is 19.0. The van der Waals surface area contributed by atoms with Gasteiger partial charge >= 0.3 is 19.1 Å². The smallest absolute Gasteiger partial charge is 0.465 e. The van der Waals surface area contributed by atoms with Crippen LogP contribution in [0.2, 0.25) is 0 Å². The number of esters is 2. The number of carbonyl (C=O) groups excluding carboxylic acids is 3. The van der Waals surface area contributed by atoms with Crippen LogP contribution in [-0.4, -0.2) is 50.8 Å². The molecule has 0 radical (unpaired) electrons. The zero-order valence-corrected chi connectivity index (χ0v) is 19.0. The van der Waals surface area contributed by atoms with Crippen molar-refractivity contribution in [1.82, 2.24) is 0 Å². The minimum Gasteiger partial charge on any atom is -0.465 e. The van der Waals surface area contributed by atoms with E-state index in [1.165, 1.54) is 25.2 Å². The maximum Gasteiger partial charge on any atom is 0.494 e. The Kier molecular flexibility index (Phi) is 6.43. The maximum atomic E-state index is 12.6. The van der Waals surface area contributed by atoms with E-state index >= 15 is 0 Å². The quantitative estimate of drug-likeness (QED) is 0.392. The molecule has 1 aromatic carbocycles. The molecule has 2 heterocycles. The fourth-order valence-corrected chi connectivity index (χ4v) is 3.36. The molecule has 0 atom stereocenters. The monoisotopic (exact) mass is 439 g/mol. The fraction of sp³-hybridized carbons (Fsp3) is 0.348. The second kappa shape index (κ2) is 8.76. The van der Waals surface area contributed by atoms with E-state index in [1.54, 1.807) is 36.6 Å². The third-order valence-electron chi connectivity index (χ3n) is 5.85. The predicted molar refractivity (Wildman–Crippen MR) is 119 cm³/mol. The number of carbonyl (C=O) groups is 3. The Labute approximate surface area is 187 Å². The van der Waals surface area contributed by atoms with Gasteiger partial charge in [0.25, 0.3) is 0 Å². The second-order valence-corrected chi connectivity index (χ2v) is 8.34. The lowest BCUT2D eigenvalue weighted by atomic mass is 9.78. The molecule has 1 saturated heterocycles. The maximum absolute atomic E-state index is 12.6. The first kappa shape index (κ1) is 23.5. The van der Waals surface area contributed by atoms with Crippen LogP contribution in [0.3, 0.4) is 0 Å². The highest BCUT2D eigenvalue weighted by molar-refractivity contribution is 6.62. The summed E-state index contributed by atoms with van der Waals surface area (Å²) in [6.45, 7) is 7.77. The van der Waals surface area contributed by atoms with Gasteiger partial charge in [-0.3, -0.25) is 4.79 Å². The van der Waals surface area contributed by atoms with E-state index in [0.29, 0.717) is 17.4 Å². The van der Waals surface area contributed by atoms with Crippen LogP contribution >= 0.6 is 0 Å². The third kappa shape index (κ3) is 4.13. The average molecular weight is 439 g/mol. The van der Waals surface area contributed by atoms with Crippen molar-refractivity contribution in [2.45, 2.75) is 38.9 Å². The summed E-state index contributed by atoms with van der Waals surface area (Å²) in [6, 6.07) is 5.06. The zero-order chi connectivity index (χ0) is 23.7. The summed E-state index contributed by atoms with van der Waals surface area (Å²) in [4.78, 5) is 38.4. The Bertz CT molecular complexity index is 1020. The molecule has 0 spiro atoms. The summed E-state index contributed by atoms with van der Waals surface area (Å²) < 4.78 is 21.9. The number of aldehydes is 1. The third-order valence-corrected chi connectivity index (χ3v) is 5.85. The Hall–Kier alpha value is -3.17. The lowest BCUT2D eigenvalue weighted by Gasteiger charge is -2.32. The molecule has 1 aromatic rings. The molecule has 0 aliphatic carbocycles. The molecule has 3 rings (SSSR count). The molecule has 0 amide bonds. The van der Waals surface area contributed by atoms with Gasteiger partial charge in [-0.2, -0.15) is 0 Å². The topological polar surface area (TPSA) is 91.4 Å². The first-order valence-corrected chi connectivity index (χ1v) is 10.1. The van der Waals surface area contributed by atoms with Crippen molar-refractivity contribution >= 4 is 36.5 Å². The summed E-state index contributed by atoms with van der Waals surface area (Å²) in [5, 5.41) is 0. The molecular formula is C23H26BNO7. The van der Waals surface area contributed by atoms with Crippen LogP contribution in [-0.2, 0) is 28.4 Å². The number of anilines is 1. The van der Waals surface area contributed by atoms with E-state index in [1.807, 2.05) is 27.7 Å². The minimum atomic E-state index is -0.756. The summed E-state index contributed by atoms with van der Waals surface area (Å²) in [5.41, 5.74) is 0.159. The molecule has 0 saturated carbocycles. The van der Waals surface area contributed by atoms with Crippen molar-refractivity contribution in [2.24, 2.45) is 0 Å². The predicted octanol–water partition coefficient (Wildman–Crippen LogP) is 2.29. The number of ether oxygens (including phenoxy) is 2. The van der Waals surface area contributed by atoms with E-state index in [2.05, 4.69) is 0 Å². The normalized spacial score (nSPS) is 19.1. The largest absolute Gasteiger partial charge is 0.494 e. The minimum absolute atomic E-state index is 0.00349. The SMILES string of the molecule is COC(=O)C1=C(C(=O)OC)N(c2ccc(B3OC(C)(C)C(C)(C)O3)cc2C=O)C=CC=C1. The molecular weight excluding hydrogens is 413 g/mol. The van der Waals surface area contributed by atoms with Gasteiger partial charge in [-0.15, -0.1) is 0 Å². The first-order valence-electron chi connectivity index (χ1n) is 10.1. The molecule has 2 aliphatic rings. The van der Waals surface area contributed by atoms with Crippen LogP contribution in [0.4, 0.5) is 5.69 Å².